The van der Waals surface area contributed by atoms with Gasteiger partial charge in [-0.1, -0.05) is 27.7 Å². The quantitative estimate of drug-likeness (QED) is 0.783. The molecule has 1 saturated carbocycles. The largest absolute Gasteiger partial charge is 0.395 e. The summed E-state index contributed by atoms with van der Waals surface area (Å²) in [6.07, 6.45) is -1.58. The summed E-state index contributed by atoms with van der Waals surface area (Å²) in [7, 11) is -3.92. The fraction of sp³-hybridized carbons (Fsp3) is 1.00. The summed E-state index contributed by atoms with van der Waals surface area (Å²) >= 11 is 0. The van der Waals surface area contributed by atoms with E-state index in [4.69, 9.17) is 0 Å². The lowest BCUT2D eigenvalue weighted by Gasteiger charge is -2.28. The lowest BCUT2D eigenvalue weighted by molar-refractivity contribution is -0.203. The zero-order chi connectivity index (χ0) is 15.8. The van der Waals surface area contributed by atoms with Crippen LogP contribution in [0.25, 0.3) is 0 Å². The van der Waals surface area contributed by atoms with Crippen molar-refractivity contribution in [2.75, 3.05) is 12.3 Å². The number of halogens is 3. The van der Waals surface area contributed by atoms with Crippen LogP contribution in [0.4, 0.5) is 13.2 Å². The van der Waals surface area contributed by atoms with Crippen LogP contribution in [0.15, 0.2) is 0 Å². The summed E-state index contributed by atoms with van der Waals surface area (Å²) in [5, 5.41) is 0. The highest BCUT2D eigenvalue weighted by molar-refractivity contribution is 7.89. The molecule has 0 atom stereocenters. The highest BCUT2D eigenvalue weighted by Crippen LogP contribution is 2.47. The lowest BCUT2D eigenvalue weighted by Crippen LogP contribution is -2.43. The van der Waals surface area contributed by atoms with E-state index in [1.807, 2.05) is 0 Å². The van der Waals surface area contributed by atoms with Gasteiger partial charge >= 0.3 is 6.18 Å². The minimum atomic E-state index is -4.53. The van der Waals surface area contributed by atoms with Gasteiger partial charge in [0.1, 0.15) is 0 Å². The lowest BCUT2D eigenvalue weighted by atomic mass is 9.84. The molecule has 0 bridgehead atoms. The second kappa shape index (κ2) is 5.48. The molecule has 1 fully saturated rings. The minimum Gasteiger partial charge on any atom is -0.215 e. The third-order valence-electron chi connectivity index (χ3n) is 4.09. The van der Waals surface area contributed by atoms with Gasteiger partial charge in [-0.15, -0.1) is 0 Å². The molecule has 0 saturated heterocycles. The Balaban J connectivity index is 2.50. The Morgan fingerprint density at radius 3 is 2.00 bits per heavy atom. The molecule has 0 heterocycles. The van der Waals surface area contributed by atoms with E-state index in [1.165, 1.54) is 0 Å². The zero-order valence-corrected chi connectivity index (χ0v) is 13.3. The van der Waals surface area contributed by atoms with Gasteiger partial charge in [-0.05, 0) is 30.6 Å². The van der Waals surface area contributed by atoms with Crippen LogP contribution in [0.5, 0.6) is 0 Å². The normalized spacial score (nSPS) is 18.4. The third-order valence-corrected chi connectivity index (χ3v) is 5.84. The van der Waals surface area contributed by atoms with Gasteiger partial charge in [-0.2, -0.15) is 13.2 Å². The molecule has 7 heteroatoms. The molecule has 0 unspecified atom stereocenters. The van der Waals surface area contributed by atoms with Crippen LogP contribution in [0.2, 0.25) is 0 Å². The molecule has 1 aliphatic rings. The Morgan fingerprint density at radius 2 is 1.60 bits per heavy atom. The van der Waals surface area contributed by atoms with E-state index in [2.05, 4.69) is 18.6 Å². The highest BCUT2D eigenvalue weighted by atomic mass is 32.2. The van der Waals surface area contributed by atoms with Crippen molar-refractivity contribution in [3.63, 3.8) is 0 Å². The van der Waals surface area contributed by atoms with E-state index in [0.29, 0.717) is 12.3 Å². The van der Waals surface area contributed by atoms with E-state index in [1.54, 1.807) is 0 Å². The first-order chi connectivity index (χ1) is 8.77. The Bertz CT molecular complexity index is 437. The van der Waals surface area contributed by atoms with Gasteiger partial charge in [0.2, 0.25) is 10.0 Å². The Labute approximate surface area is 119 Å². The Kier molecular flexibility index (Phi) is 4.86. The molecule has 0 aromatic heterocycles. The number of hydrogen-bond donors (Lipinski definition) is 1. The maximum Gasteiger partial charge on any atom is 0.395 e. The average Bonchev–Trinajstić information content (AvgIpc) is 2.94. The number of alkyl halides is 3. The number of rotatable bonds is 7. The fourth-order valence-corrected chi connectivity index (χ4v) is 3.83. The molecule has 20 heavy (non-hydrogen) atoms. The van der Waals surface area contributed by atoms with E-state index in [9.17, 15) is 21.6 Å². The molecular formula is C13H24F3NO2S. The van der Waals surface area contributed by atoms with Crippen molar-refractivity contribution in [1.82, 2.24) is 4.72 Å². The molecule has 0 aliphatic heterocycles. The Hall–Kier alpha value is -0.300. The van der Waals surface area contributed by atoms with Crippen LogP contribution >= 0.6 is 0 Å². The Morgan fingerprint density at radius 1 is 1.10 bits per heavy atom. The molecule has 0 amide bonds. The summed E-state index contributed by atoms with van der Waals surface area (Å²) in [6, 6.07) is 0. The van der Waals surface area contributed by atoms with Crippen LogP contribution < -0.4 is 4.72 Å². The van der Waals surface area contributed by atoms with E-state index >= 15 is 0 Å². The molecule has 3 nitrogen and oxygen atoms in total. The minimum absolute atomic E-state index is 0.0437. The zero-order valence-electron chi connectivity index (χ0n) is 12.5. The van der Waals surface area contributed by atoms with Crippen LogP contribution in [-0.4, -0.2) is 26.9 Å². The van der Waals surface area contributed by atoms with Gasteiger partial charge in [0.05, 0.1) is 11.2 Å². The molecule has 0 aromatic rings. The molecule has 0 aromatic carbocycles. The average molecular weight is 315 g/mol. The number of nitrogens with one attached hydrogen (secondary N) is 1. The smallest absolute Gasteiger partial charge is 0.215 e. The van der Waals surface area contributed by atoms with Gasteiger partial charge in [0, 0.05) is 6.54 Å². The van der Waals surface area contributed by atoms with E-state index in [-0.39, 0.29) is 12.0 Å². The number of hydrogen-bond acceptors (Lipinski definition) is 2. The molecule has 1 aliphatic carbocycles. The first kappa shape index (κ1) is 17.8. The topological polar surface area (TPSA) is 46.2 Å². The summed E-state index contributed by atoms with van der Waals surface area (Å²) < 4.78 is 63.9. The first-order valence-corrected chi connectivity index (χ1v) is 8.46. The van der Waals surface area contributed by atoms with E-state index in [0.717, 1.165) is 26.7 Å². The van der Waals surface area contributed by atoms with Crippen molar-refractivity contribution in [2.45, 2.75) is 53.1 Å². The summed E-state index contributed by atoms with van der Waals surface area (Å²) in [5.74, 6) is -0.327. The van der Waals surface area contributed by atoms with Crippen LogP contribution in [0, 0.1) is 16.7 Å². The van der Waals surface area contributed by atoms with Crippen LogP contribution in [0.1, 0.15) is 47.0 Å². The summed E-state index contributed by atoms with van der Waals surface area (Å²) in [4.78, 5) is 0. The third kappa shape index (κ3) is 4.91. The van der Waals surface area contributed by atoms with Crippen molar-refractivity contribution >= 4 is 10.0 Å². The van der Waals surface area contributed by atoms with Crippen molar-refractivity contribution in [3.05, 3.63) is 0 Å². The maximum absolute atomic E-state index is 12.7. The molecular weight excluding hydrogens is 291 g/mol. The van der Waals surface area contributed by atoms with Crippen molar-refractivity contribution in [2.24, 2.45) is 16.7 Å². The predicted molar refractivity (Wildman–Crippen MR) is 72.7 cm³/mol. The molecule has 0 radical (unpaired) electrons. The summed E-state index contributed by atoms with van der Waals surface area (Å²) in [5.41, 5.74) is -2.20. The molecule has 0 spiro atoms. The van der Waals surface area contributed by atoms with Crippen molar-refractivity contribution < 1.29 is 21.6 Å². The fourth-order valence-electron chi connectivity index (χ4n) is 2.21. The van der Waals surface area contributed by atoms with Gasteiger partial charge in [0.25, 0.3) is 0 Å². The SMILES string of the molecule is CC(C)(CCNS(=O)(=O)CC(C)(C)C(F)(F)F)C1CC1. The van der Waals surface area contributed by atoms with Crippen molar-refractivity contribution in [1.29, 1.82) is 0 Å². The van der Waals surface area contributed by atoms with Gasteiger partial charge in [-0.3, -0.25) is 0 Å². The molecule has 1 rings (SSSR count). The maximum atomic E-state index is 12.7. The highest BCUT2D eigenvalue weighted by Gasteiger charge is 2.49. The van der Waals surface area contributed by atoms with Gasteiger partial charge < -0.3 is 0 Å². The van der Waals surface area contributed by atoms with E-state index < -0.39 is 27.4 Å². The van der Waals surface area contributed by atoms with Gasteiger partial charge in [0.15, 0.2) is 0 Å². The predicted octanol–water partition coefficient (Wildman–Crippen LogP) is 3.32. The summed E-state index contributed by atoms with van der Waals surface area (Å²) in [6.45, 7) is 6.14. The van der Waals surface area contributed by atoms with Crippen LogP contribution in [0.3, 0.4) is 0 Å². The second-order valence-electron chi connectivity index (χ2n) is 7.05. The standard InChI is InChI=1S/C13H24F3NO2S/c1-11(2,10-5-6-10)7-8-17-20(18,19)9-12(3,4)13(14,15)16/h10,17H,5-9H2,1-4H3. The monoisotopic (exact) mass is 315 g/mol. The first-order valence-electron chi connectivity index (χ1n) is 6.81. The number of sulfonamides is 1. The molecule has 1 N–H and O–H groups in total. The van der Waals surface area contributed by atoms with Crippen molar-refractivity contribution in [3.8, 4) is 0 Å². The van der Waals surface area contributed by atoms with Gasteiger partial charge in [-0.25, -0.2) is 13.1 Å². The molecule has 120 valence electrons. The second-order valence-corrected chi connectivity index (χ2v) is 8.85. The van der Waals surface area contributed by atoms with Crippen LogP contribution in [-0.2, 0) is 10.0 Å².